The molecule has 0 radical (unpaired) electrons. The van der Waals surface area contributed by atoms with Gasteiger partial charge in [-0.15, -0.1) is 11.3 Å². The van der Waals surface area contributed by atoms with Crippen molar-refractivity contribution < 1.29 is 9.59 Å². The minimum Gasteiger partial charge on any atom is -0.277 e. The van der Waals surface area contributed by atoms with Gasteiger partial charge in [-0.05, 0) is 12.8 Å². The maximum Gasteiger partial charge on any atom is 0.233 e. The second-order valence-corrected chi connectivity index (χ2v) is 6.54. The Morgan fingerprint density at radius 3 is 2.39 bits per heavy atom. The van der Waals surface area contributed by atoms with Crippen molar-refractivity contribution in [2.24, 2.45) is 11.8 Å². The molecule has 0 N–H and O–H groups in total. The molecule has 2 heterocycles. The van der Waals surface area contributed by atoms with Gasteiger partial charge in [-0.1, -0.05) is 24.4 Å². The Balaban J connectivity index is 1.80. The van der Waals surface area contributed by atoms with Gasteiger partial charge in [0.2, 0.25) is 11.8 Å². The van der Waals surface area contributed by atoms with Crippen LogP contribution in [0.3, 0.4) is 0 Å². The number of fused-ring (bicyclic) bond motifs is 1. The number of carbonyl (C=O) groups is 2. The van der Waals surface area contributed by atoms with Gasteiger partial charge in [0, 0.05) is 11.1 Å². The molecule has 2 fully saturated rings. The number of rotatable bonds is 2. The van der Waals surface area contributed by atoms with E-state index in [4.69, 9.17) is 11.6 Å². The second-order valence-electron chi connectivity index (χ2n) is 4.84. The molecule has 1 aliphatic carbocycles. The number of nitrogens with zero attached hydrogens (tertiary/aromatic N) is 2. The van der Waals surface area contributed by atoms with Crippen molar-refractivity contribution in [2.45, 2.75) is 32.2 Å². The Bertz CT molecular complexity index is 478. The Kier molecular flexibility index (Phi) is 3.11. The fourth-order valence-corrected chi connectivity index (χ4v) is 3.87. The summed E-state index contributed by atoms with van der Waals surface area (Å²) in [6.45, 7) is 0.328. The third-order valence-corrected chi connectivity index (χ3v) is 4.87. The summed E-state index contributed by atoms with van der Waals surface area (Å²) in [5.74, 6) is -0.160. The van der Waals surface area contributed by atoms with Gasteiger partial charge in [0.05, 0.1) is 18.4 Å². The van der Waals surface area contributed by atoms with E-state index >= 15 is 0 Å². The SMILES string of the molecule is O=C1[C@H]2CCCC[C@H]2C(=O)N1Cc1cnc(Cl)s1. The van der Waals surface area contributed by atoms with E-state index in [-0.39, 0.29) is 23.7 Å². The van der Waals surface area contributed by atoms with E-state index < -0.39 is 0 Å². The van der Waals surface area contributed by atoms with Gasteiger partial charge < -0.3 is 0 Å². The molecule has 2 atom stereocenters. The van der Waals surface area contributed by atoms with Crippen LogP contribution in [-0.2, 0) is 16.1 Å². The summed E-state index contributed by atoms with van der Waals surface area (Å²) in [7, 11) is 0. The minimum atomic E-state index is -0.0744. The van der Waals surface area contributed by atoms with E-state index in [0.29, 0.717) is 11.0 Å². The number of aromatic nitrogens is 1. The molecule has 96 valence electrons. The first-order chi connectivity index (χ1) is 8.66. The van der Waals surface area contributed by atoms with Crippen molar-refractivity contribution >= 4 is 34.8 Å². The van der Waals surface area contributed by atoms with Crippen LogP contribution in [-0.4, -0.2) is 21.7 Å². The zero-order valence-electron chi connectivity index (χ0n) is 9.76. The number of imide groups is 1. The third kappa shape index (κ3) is 1.95. The molecule has 1 saturated carbocycles. The molecule has 0 aromatic carbocycles. The van der Waals surface area contributed by atoms with Gasteiger partial charge >= 0.3 is 0 Å². The van der Waals surface area contributed by atoms with Crippen LogP contribution in [0.15, 0.2) is 6.20 Å². The van der Waals surface area contributed by atoms with Crippen molar-refractivity contribution in [3.63, 3.8) is 0 Å². The quantitative estimate of drug-likeness (QED) is 0.784. The molecule has 1 saturated heterocycles. The molecule has 2 aliphatic rings. The average molecular weight is 285 g/mol. The predicted molar refractivity (Wildman–Crippen MR) is 68.1 cm³/mol. The first-order valence-electron chi connectivity index (χ1n) is 6.12. The molecule has 0 unspecified atom stereocenters. The Hall–Kier alpha value is -0.940. The molecular formula is C12H13ClN2O2S. The molecule has 6 heteroatoms. The topological polar surface area (TPSA) is 50.3 Å². The highest BCUT2D eigenvalue weighted by Crippen LogP contribution is 2.38. The van der Waals surface area contributed by atoms with Crippen molar-refractivity contribution in [3.8, 4) is 0 Å². The molecule has 2 amide bonds. The summed E-state index contributed by atoms with van der Waals surface area (Å²) >= 11 is 7.08. The van der Waals surface area contributed by atoms with E-state index in [0.717, 1.165) is 30.6 Å². The van der Waals surface area contributed by atoms with Gasteiger partial charge in [-0.25, -0.2) is 4.98 Å². The maximum atomic E-state index is 12.2. The highest BCUT2D eigenvalue weighted by molar-refractivity contribution is 7.15. The lowest BCUT2D eigenvalue weighted by Crippen LogP contribution is -2.30. The van der Waals surface area contributed by atoms with E-state index in [1.807, 2.05) is 0 Å². The highest BCUT2D eigenvalue weighted by Gasteiger charge is 2.47. The molecule has 4 nitrogen and oxygen atoms in total. The van der Waals surface area contributed by atoms with Crippen LogP contribution in [0.2, 0.25) is 4.47 Å². The molecular weight excluding hydrogens is 272 g/mol. The smallest absolute Gasteiger partial charge is 0.233 e. The summed E-state index contributed by atoms with van der Waals surface area (Å²) in [4.78, 5) is 30.6. The maximum absolute atomic E-state index is 12.2. The summed E-state index contributed by atoms with van der Waals surface area (Å²) in [6, 6.07) is 0. The first kappa shape index (κ1) is 12.1. The summed E-state index contributed by atoms with van der Waals surface area (Å²) in [5.41, 5.74) is 0. The number of hydrogen-bond donors (Lipinski definition) is 0. The van der Waals surface area contributed by atoms with Gasteiger partial charge in [-0.2, -0.15) is 0 Å². The molecule has 1 aromatic heterocycles. The van der Waals surface area contributed by atoms with Crippen LogP contribution >= 0.6 is 22.9 Å². The van der Waals surface area contributed by atoms with E-state index in [1.54, 1.807) is 6.20 Å². The lowest BCUT2D eigenvalue weighted by atomic mass is 9.81. The lowest BCUT2D eigenvalue weighted by molar-refractivity contribution is -0.140. The van der Waals surface area contributed by atoms with Gasteiger partial charge in [0.15, 0.2) is 4.47 Å². The monoisotopic (exact) mass is 284 g/mol. The predicted octanol–water partition coefficient (Wildman–Crippen LogP) is 2.47. The minimum absolute atomic E-state index is 0.00535. The van der Waals surface area contributed by atoms with E-state index in [2.05, 4.69) is 4.98 Å². The fraction of sp³-hybridized carbons (Fsp3) is 0.583. The summed E-state index contributed by atoms with van der Waals surface area (Å²) in [6.07, 6.45) is 5.46. The first-order valence-corrected chi connectivity index (χ1v) is 7.31. The van der Waals surface area contributed by atoms with Crippen LogP contribution in [0.1, 0.15) is 30.6 Å². The average Bonchev–Trinajstić information content (AvgIpc) is 2.88. The molecule has 0 bridgehead atoms. The number of amides is 2. The second kappa shape index (κ2) is 4.63. The van der Waals surface area contributed by atoms with Gasteiger partial charge in [-0.3, -0.25) is 14.5 Å². The zero-order chi connectivity index (χ0) is 12.7. The van der Waals surface area contributed by atoms with Crippen molar-refractivity contribution in [2.75, 3.05) is 0 Å². The van der Waals surface area contributed by atoms with Crippen molar-refractivity contribution in [1.82, 2.24) is 9.88 Å². The normalized spacial score (nSPS) is 27.7. The molecule has 18 heavy (non-hydrogen) atoms. The Morgan fingerprint density at radius 2 is 1.89 bits per heavy atom. The standard InChI is InChI=1S/C12H13ClN2O2S/c13-12-14-5-7(18-12)6-15-10(16)8-3-1-2-4-9(8)11(15)17/h5,8-9H,1-4,6H2/t8-,9+. The summed E-state index contributed by atoms with van der Waals surface area (Å²) < 4.78 is 0.446. The molecule has 0 spiro atoms. The van der Waals surface area contributed by atoms with Gasteiger partial charge in [0.25, 0.3) is 0 Å². The van der Waals surface area contributed by atoms with Crippen LogP contribution < -0.4 is 0 Å². The zero-order valence-corrected chi connectivity index (χ0v) is 11.3. The van der Waals surface area contributed by atoms with E-state index in [1.165, 1.54) is 16.2 Å². The van der Waals surface area contributed by atoms with Crippen LogP contribution in [0.5, 0.6) is 0 Å². The largest absolute Gasteiger partial charge is 0.277 e. The molecule has 3 rings (SSSR count). The number of thiazole rings is 1. The fourth-order valence-electron chi connectivity index (χ4n) is 2.90. The third-order valence-electron chi connectivity index (χ3n) is 3.77. The Labute approximate surface area is 114 Å². The van der Waals surface area contributed by atoms with Crippen molar-refractivity contribution in [1.29, 1.82) is 0 Å². The van der Waals surface area contributed by atoms with Crippen LogP contribution in [0, 0.1) is 11.8 Å². The molecule has 1 aliphatic heterocycles. The van der Waals surface area contributed by atoms with E-state index in [9.17, 15) is 9.59 Å². The highest BCUT2D eigenvalue weighted by atomic mass is 35.5. The molecule has 1 aromatic rings. The number of halogens is 1. The Morgan fingerprint density at radius 1 is 1.28 bits per heavy atom. The number of hydrogen-bond acceptors (Lipinski definition) is 4. The summed E-state index contributed by atoms with van der Waals surface area (Å²) in [5, 5.41) is 0. The van der Waals surface area contributed by atoms with Crippen LogP contribution in [0.25, 0.3) is 0 Å². The van der Waals surface area contributed by atoms with Gasteiger partial charge in [0.1, 0.15) is 0 Å². The van der Waals surface area contributed by atoms with Crippen molar-refractivity contribution in [3.05, 3.63) is 15.5 Å². The van der Waals surface area contributed by atoms with Crippen LogP contribution in [0.4, 0.5) is 0 Å². The number of carbonyl (C=O) groups excluding carboxylic acids is 2. The number of likely N-dealkylation sites (tertiary alicyclic amines) is 1. The lowest BCUT2D eigenvalue weighted by Gasteiger charge is -2.19.